The van der Waals surface area contributed by atoms with Crippen molar-refractivity contribution >= 4 is 6.08 Å². The molecule has 0 amide bonds. The molecule has 0 bridgehead atoms. The topological polar surface area (TPSA) is 69.9 Å². The molecule has 14 heavy (non-hydrogen) atoms. The maximum atomic E-state index is 9.58. The van der Waals surface area contributed by atoms with Crippen LogP contribution in [0.2, 0.25) is 0 Å². The summed E-state index contributed by atoms with van der Waals surface area (Å²) in [6.07, 6.45) is 3.02. The third-order valence-electron chi connectivity index (χ3n) is 1.75. The highest BCUT2D eigenvalue weighted by molar-refractivity contribution is 5.65. The van der Waals surface area contributed by atoms with Crippen LogP contribution in [-0.2, 0) is 0 Å². The Morgan fingerprint density at radius 2 is 2.07 bits per heavy atom. The van der Waals surface area contributed by atoms with Gasteiger partial charge in [0.15, 0.2) is 11.5 Å². The molecule has 0 aliphatic rings. The number of rotatable bonds is 3. The Kier molecular flexibility index (Phi) is 3.36. The molecule has 4 nitrogen and oxygen atoms in total. The maximum absolute atomic E-state index is 9.58. The van der Waals surface area contributed by atoms with Crippen LogP contribution >= 0.6 is 0 Å². The van der Waals surface area contributed by atoms with E-state index in [1.807, 2.05) is 0 Å². The lowest BCUT2D eigenvalue weighted by Gasteiger charge is -2.07. The molecule has 0 saturated heterocycles. The molecular weight excluding hydrogens is 184 g/mol. The summed E-state index contributed by atoms with van der Waals surface area (Å²) < 4.78 is 4.80. The van der Waals surface area contributed by atoms with E-state index in [-0.39, 0.29) is 23.9 Å². The Morgan fingerprint density at radius 3 is 2.64 bits per heavy atom. The van der Waals surface area contributed by atoms with Crippen LogP contribution in [0.1, 0.15) is 5.56 Å². The fraction of sp³-hybridized carbons (Fsp3) is 0.200. The van der Waals surface area contributed by atoms with E-state index in [1.54, 1.807) is 0 Å². The number of methoxy groups -OCH3 is 1. The zero-order valence-electron chi connectivity index (χ0n) is 7.77. The standard InChI is InChI=1S/C10H12O4/c1-14-10-8(12)5-4-7(9(10)13)3-2-6-11/h2-5,11-13H,6H2,1H3/b3-2+. The summed E-state index contributed by atoms with van der Waals surface area (Å²) in [7, 11) is 1.36. The molecule has 0 radical (unpaired) electrons. The fourth-order valence-corrected chi connectivity index (χ4v) is 1.09. The van der Waals surface area contributed by atoms with E-state index in [1.165, 1.54) is 31.4 Å². The summed E-state index contributed by atoms with van der Waals surface area (Å²) in [5, 5.41) is 27.4. The molecule has 0 saturated carbocycles. The van der Waals surface area contributed by atoms with E-state index in [2.05, 4.69) is 0 Å². The Bertz CT molecular complexity index is 344. The summed E-state index contributed by atoms with van der Waals surface area (Å²) >= 11 is 0. The van der Waals surface area contributed by atoms with Gasteiger partial charge in [-0.25, -0.2) is 0 Å². The quantitative estimate of drug-likeness (QED) is 0.677. The molecule has 0 fully saturated rings. The van der Waals surface area contributed by atoms with Gasteiger partial charge in [-0.2, -0.15) is 0 Å². The number of hydrogen-bond donors (Lipinski definition) is 3. The molecule has 0 aromatic heterocycles. The molecule has 4 heteroatoms. The number of aliphatic hydroxyl groups excluding tert-OH is 1. The lowest BCUT2D eigenvalue weighted by Crippen LogP contribution is -1.86. The Labute approximate surface area is 81.7 Å². The molecule has 0 aliphatic heterocycles. The third-order valence-corrected chi connectivity index (χ3v) is 1.75. The van der Waals surface area contributed by atoms with Crippen LogP contribution < -0.4 is 4.74 Å². The number of phenols is 2. The van der Waals surface area contributed by atoms with Crippen LogP contribution in [0, 0.1) is 0 Å². The number of phenolic OH excluding ortho intramolecular Hbond substituents is 2. The first-order valence-corrected chi connectivity index (χ1v) is 4.07. The second-order valence-corrected chi connectivity index (χ2v) is 2.64. The van der Waals surface area contributed by atoms with Gasteiger partial charge in [0.25, 0.3) is 0 Å². The predicted molar refractivity (Wildman–Crippen MR) is 52.4 cm³/mol. The van der Waals surface area contributed by atoms with E-state index >= 15 is 0 Å². The van der Waals surface area contributed by atoms with Crippen molar-refractivity contribution in [2.75, 3.05) is 13.7 Å². The van der Waals surface area contributed by atoms with Gasteiger partial charge >= 0.3 is 0 Å². The summed E-state index contributed by atoms with van der Waals surface area (Å²) in [6.45, 7) is -0.109. The summed E-state index contributed by atoms with van der Waals surface area (Å²) in [5.74, 6) is -0.228. The molecule has 0 atom stereocenters. The predicted octanol–water partition coefficient (Wildman–Crippen LogP) is 1.11. The highest BCUT2D eigenvalue weighted by atomic mass is 16.5. The largest absolute Gasteiger partial charge is 0.504 e. The van der Waals surface area contributed by atoms with E-state index in [4.69, 9.17) is 9.84 Å². The van der Waals surface area contributed by atoms with Crippen molar-refractivity contribution in [1.29, 1.82) is 0 Å². The Morgan fingerprint density at radius 1 is 1.36 bits per heavy atom. The van der Waals surface area contributed by atoms with Gasteiger partial charge in [0, 0.05) is 5.56 Å². The molecule has 76 valence electrons. The van der Waals surface area contributed by atoms with Crippen molar-refractivity contribution < 1.29 is 20.1 Å². The number of ether oxygens (including phenoxy) is 1. The molecule has 1 aromatic rings. The van der Waals surface area contributed by atoms with Gasteiger partial charge in [0.1, 0.15) is 0 Å². The average Bonchev–Trinajstić information content (AvgIpc) is 2.18. The SMILES string of the molecule is COc1c(O)ccc(/C=C/CO)c1O. The van der Waals surface area contributed by atoms with E-state index in [0.717, 1.165) is 0 Å². The second-order valence-electron chi connectivity index (χ2n) is 2.64. The third kappa shape index (κ3) is 1.97. The van der Waals surface area contributed by atoms with E-state index < -0.39 is 0 Å². The second kappa shape index (κ2) is 4.53. The molecular formula is C10H12O4. The lowest BCUT2D eigenvalue weighted by atomic mass is 10.1. The molecule has 0 spiro atoms. The van der Waals surface area contributed by atoms with Crippen molar-refractivity contribution in [3.8, 4) is 17.2 Å². The van der Waals surface area contributed by atoms with Gasteiger partial charge in [-0.15, -0.1) is 0 Å². The first-order chi connectivity index (χ1) is 6.70. The Hall–Kier alpha value is -1.68. The van der Waals surface area contributed by atoms with E-state index in [0.29, 0.717) is 5.56 Å². The Balaban J connectivity index is 3.14. The van der Waals surface area contributed by atoms with Gasteiger partial charge < -0.3 is 20.1 Å². The average molecular weight is 196 g/mol. The highest BCUT2D eigenvalue weighted by Gasteiger charge is 2.10. The number of benzene rings is 1. The number of aromatic hydroxyl groups is 2. The fourth-order valence-electron chi connectivity index (χ4n) is 1.09. The van der Waals surface area contributed by atoms with Gasteiger partial charge in [-0.3, -0.25) is 0 Å². The van der Waals surface area contributed by atoms with Crippen LogP contribution in [0.5, 0.6) is 17.2 Å². The minimum atomic E-state index is -0.141. The van der Waals surface area contributed by atoms with Gasteiger partial charge in [0.05, 0.1) is 13.7 Å². The molecule has 0 aliphatic carbocycles. The van der Waals surface area contributed by atoms with Crippen molar-refractivity contribution in [3.63, 3.8) is 0 Å². The first-order valence-electron chi connectivity index (χ1n) is 4.07. The smallest absolute Gasteiger partial charge is 0.203 e. The number of hydrogen-bond acceptors (Lipinski definition) is 4. The lowest BCUT2D eigenvalue weighted by molar-refractivity contribution is 0.342. The van der Waals surface area contributed by atoms with Gasteiger partial charge in [0.2, 0.25) is 5.75 Å². The van der Waals surface area contributed by atoms with Crippen molar-refractivity contribution in [2.45, 2.75) is 0 Å². The van der Waals surface area contributed by atoms with Crippen molar-refractivity contribution in [2.24, 2.45) is 0 Å². The molecule has 3 N–H and O–H groups in total. The summed E-state index contributed by atoms with van der Waals surface area (Å²) in [6, 6.07) is 2.94. The molecule has 0 heterocycles. The van der Waals surface area contributed by atoms with Crippen LogP contribution in [0.25, 0.3) is 6.08 Å². The zero-order valence-corrected chi connectivity index (χ0v) is 7.77. The maximum Gasteiger partial charge on any atom is 0.203 e. The first kappa shape index (κ1) is 10.4. The normalized spacial score (nSPS) is 10.7. The van der Waals surface area contributed by atoms with Crippen LogP contribution in [0.3, 0.4) is 0 Å². The molecule has 1 aromatic carbocycles. The van der Waals surface area contributed by atoms with Crippen molar-refractivity contribution in [1.82, 2.24) is 0 Å². The highest BCUT2D eigenvalue weighted by Crippen LogP contribution is 2.38. The van der Waals surface area contributed by atoms with Crippen LogP contribution in [-0.4, -0.2) is 29.0 Å². The van der Waals surface area contributed by atoms with E-state index in [9.17, 15) is 10.2 Å². The minimum Gasteiger partial charge on any atom is -0.504 e. The van der Waals surface area contributed by atoms with Crippen LogP contribution in [0.4, 0.5) is 0 Å². The molecule has 1 rings (SSSR count). The van der Waals surface area contributed by atoms with Crippen LogP contribution in [0.15, 0.2) is 18.2 Å². The van der Waals surface area contributed by atoms with Gasteiger partial charge in [-0.05, 0) is 12.1 Å². The minimum absolute atomic E-state index is 0.0325. The zero-order chi connectivity index (χ0) is 10.6. The summed E-state index contributed by atoms with van der Waals surface area (Å²) in [5.41, 5.74) is 0.480. The van der Waals surface area contributed by atoms with Crippen molar-refractivity contribution in [3.05, 3.63) is 23.8 Å². The summed E-state index contributed by atoms with van der Waals surface area (Å²) in [4.78, 5) is 0. The monoisotopic (exact) mass is 196 g/mol. The number of aliphatic hydroxyl groups is 1. The van der Waals surface area contributed by atoms with Gasteiger partial charge in [-0.1, -0.05) is 12.2 Å². The molecule has 0 unspecified atom stereocenters.